The Morgan fingerprint density at radius 1 is 1.33 bits per heavy atom. The minimum absolute atomic E-state index is 0.0963. The van der Waals surface area contributed by atoms with Crippen molar-refractivity contribution >= 4 is 16.8 Å². The molecule has 3 heteroatoms. The monoisotopic (exact) mass is 205 g/mol. The molecule has 0 unspecified atom stereocenters. The van der Waals surface area contributed by atoms with Crippen LogP contribution in [0.1, 0.15) is 26.5 Å². The summed E-state index contributed by atoms with van der Waals surface area (Å²) in [4.78, 5) is 10.9. The summed E-state index contributed by atoms with van der Waals surface area (Å²) in [6.45, 7) is 5.55. The molecule has 0 aliphatic rings. The van der Waals surface area contributed by atoms with Crippen LogP contribution >= 0.6 is 0 Å². The minimum Gasteiger partial charge on any atom is -0.356 e. The van der Waals surface area contributed by atoms with E-state index in [1.54, 1.807) is 6.92 Å². The first-order chi connectivity index (χ1) is 7.27. The van der Waals surface area contributed by atoms with Gasteiger partial charge in [0.25, 0.3) is 0 Å². The van der Waals surface area contributed by atoms with Crippen molar-refractivity contribution in [2.45, 2.75) is 27.2 Å². The van der Waals surface area contributed by atoms with Gasteiger partial charge in [-0.25, -0.2) is 0 Å². The van der Waals surface area contributed by atoms with Crippen LogP contribution in [0.5, 0.6) is 0 Å². The summed E-state index contributed by atoms with van der Waals surface area (Å²) in [7, 11) is 0. The number of nitrogens with zero attached hydrogens (tertiary/aromatic N) is 1. The van der Waals surface area contributed by atoms with Crippen LogP contribution in [-0.2, 0) is 11.2 Å². The molecule has 0 spiro atoms. The Morgan fingerprint density at radius 2 is 2.00 bits per heavy atom. The van der Waals surface area contributed by atoms with Crippen LogP contribution in [0, 0.1) is 0 Å². The smallest absolute Gasteiger partial charge is 0.167 e. The third kappa shape index (κ3) is 2.65. The van der Waals surface area contributed by atoms with Gasteiger partial charge in [0.15, 0.2) is 5.58 Å². The van der Waals surface area contributed by atoms with E-state index in [9.17, 15) is 4.79 Å². The van der Waals surface area contributed by atoms with Crippen molar-refractivity contribution in [3.8, 4) is 0 Å². The predicted molar refractivity (Wildman–Crippen MR) is 59.7 cm³/mol. The Kier molecular flexibility index (Phi) is 4.03. The Labute approximate surface area is 89.1 Å². The molecule has 0 aliphatic carbocycles. The minimum atomic E-state index is 0.0963. The van der Waals surface area contributed by atoms with Crippen LogP contribution < -0.4 is 0 Å². The first-order valence-corrected chi connectivity index (χ1v) is 5.10. The number of para-hydroxylation sites is 1. The highest BCUT2D eigenvalue weighted by molar-refractivity contribution is 5.85. The summed E-state index contributed by atoms with van der Waals surface area (Å²) >= 11 is 0. The lowest BCUT2D eigenvalue weighted by atomic mass is 10.1. The molecule has 0 saturated heterocycles. The third-order valence-electron chi connectivity index (χ3n) is 1.87. The molecule has 2 rings (SSSR count). The first kappa shape index (κ1) is 11.4. The summed E-state index contributed by atoms with van der Waals surface area (Å²) in [6.07, 6.45) is 0.344. The molecule has 0 bridgehead atoms. The lowest BCUT2D eigenvalue weighted by Crippen LogP contribution is -1.96. The van der Waals surface area contributed by atoms with Gasteiger partial charge in [-0.05, 0) is 19.1 Å². The average molecular weight is 205 g/mol. The normalized spacial score (nSPS) is 9.53. The number of Topliss-reactive ketones (excluding diaryl/α,β-unsaturated/α-hetero) is 1. The first-order valence-electron chi connectivity index (χ1n) is 5.10. The van der Waals surface area contributed by atoms with Gasteiger partial charge in [0.05, 0.1) is 12.1 Å². The maximum absolute atomic E-state index is 10.9. The third-order valence-corrected chi connectivity index (χ3v) is 1.87. The standard InChI is InChI=1S/C10H9NO2.C2H6/c1-7(12)6-9-8-4-2-3-5-10(8)13-11-9;1-2/h2-5H,6H2,1H3;1-2H3. The number of benzene rings is 1. The van der Waals surface area contributed by atoms with E-state index in [4.69, 9.17) is 4.52 Å². The maximum Gasteiger partial charge on any atom is 0.167 e. The number of fused-ring (bicyclic) bond motifs is 1. The number of carbonyl (C=O) groups excluding carboxylic acids is 1. The molecule has 0 amide bonds. The highest BCUT2D eigenvalue weighted by Gasteiger charge is 2.08. The van der Waals surface area contributed by atoms with Crippen LogP contribution in [0.3, 0.4) is 0 Å². The maximum atomic E-state index is 10.9. The molecule has 1 aromatic heterocycles. The lowest BCUT2D eigenvalue weighted by molar-refractivity contribution is -0.116. The number of hydrogen-bond donors (Lipinski definition) is 0. The zero-order valence-electron chi connectivity index (χ0n) is 9.28. The van der Waals surface area contributed by atoms with Gasteiger partial charge in [-0.2, -0.15) is 0 Å². The van der Waals surface area contributed by atoms with Gasteiger partial charge in [0, 0.05) is 5.39 Å². The van der Waals surface area contributed by atoms with Crippen LogP contribution in [0.4, 0.5) is 0 Å². The van der Waals surface area contributed by atoms with Crippen LogP contribution in [0.2, 0.25) is 0 Å². The van der Waals surface area contributed by atoms with Gasteiger partial charge < -0.3 is 4.52 Å². The fourth-order valence-electron chi connectivity index (χ4n) is 1.30. The number of hydrogen-bond acceptors (Lipinski definition) is 3. The molecule has 80 valence electrons. The largest absolute Gasteiger partial charge is 0.356 e. The molecule has 0 atom stereocenters. The molecule has 15 heavy (non-hydrogen) atoms. The Bertz CT molecular complexity index is 446. The van der Waals surface area contributed by atoms with Gasteiger partial charge in [-0.15, -0.1) is 0 Å². The zero-order chi connectivity index (χ0) is 11.3. The second-order valence-corrected chi connectivity index (χ2v) is 3.00. The topological polar surface area (TPSA) is 43.1 Å². The molecule has 0 aliphatic heterocycles. The van der Waals surface area contributed by atoms with E-state index < -0.39 is 0 Å². The molecule has 2 aromatic rings. The zero-order valence-corrected chi connectivity index (χ0v) is 9.28. The number of aromatic nitrogens is 1. The van der Waals surface area contributed by atoms with Gasteiger partial charge in [-0.1, -0.05) is 31.1 Å². The summed E-state index contributed by atoms with van der Waals surface area (Å²) in [5.41, 5.74) is 1.46. The molecule has 0 N–H and O–H groups in total. The molecular weight excluding hydrogens is 190 g/mol. The fourth-order valence-corrected chi connectivity index (χ4v) is 1.30. The molecule has 3 nitrogen and oxygen atoms in total. The Morgan fingerprint density at radius 3 is 2.67 bits per heavy atom. The van der Waals surface area contributed by atoms with Gasteiger partial charge in [0.2, 0.25) is 0 Å². The summed E-state index contributed by atoms with van der Waals surface area (Å²) in [5.74, 6) is 0.0963. The summed E-state index contributed by atoms with van der Waals surface area (Å²) in [5, 5.41) is 4.77. The number of carbonyl (C=O) groups is 1. The van der Waals surface area contributed by atoms with Crippen LogP contribution in [0.25, 0.3) is 11.0 Å². The molecule has 0 saturated carbocycles. The SMILES string of the molecule is CC.CC(=O)Cc1noc2ccccc12. The van der Waals surface area contributed by atoms with E-state index >= 15 is 0 Å². The van der Waals surface area contributed by atoms with Crippen molar-refractivity contribution in [3.63, 3.8) is 0 Å². The highest BCUT2D eigenvalue weighted by Crippen LogP contribution is 2.17. The Hall–Kier alpha value is -1.64. The van der Waals surface area contributed by atoms with E-state index in [0.717, 1.165) is 16.7 Å². The van der Waals surface area contributed by atoms with Crippen molar-refractivity contribution in [2.24, 2.45) is 0 Å². The van der Waals surface area contributed by atoms with Gasteiger partial charge in [-0.3, -0.25) is 4.79 Å². The van der Waals surface area contributed by atoms with E-state index in [2.05, 4.69) is 5.16 Å². The van der Waals surface area contributed by atoms with Crippen molar-refractivity contribution in [1.29, 1.82) is 0 Å². The van der Waals surface area contributed by atoms with Crippen molar-refractivity contribution in [2.75, 3.05) is 0 Å². The highest BCUT2D eigenvalue weighted by atomic mass is 16.5. The predicted octanol–water partition coefficient (Wildman–Crippen LogP) is 2.99. The number of rotatable bonds is 2. The second-order valence-electron chi connectivity index (χ2n) is 3.00. The summed E-state index contributed by atoms with van der Waals surface area (Å²) < 4.78 is 5.05. The van der Waals surface area contributed by atoms with Crippen molar-refractivity contribution in [3.05, 3.63) is 30.0 Å². The second kappa shape index (κ2) is 5.29. The average Bonchev–Trinajstić information content (AvgIpc) is 2.64. The van der Waals surface area contributed by atoms with E-state index in [0.29, 0.717) is 6.42 Å². The van der Waals surface area contributed by atoms with Crippen molar-refractivity contribution < 1.29 is 9.32 Å². The Balaban J connectivity index is 0.000000531. The molecule has 0 fully saturated rings. The van der Waals surface area contributed by atoms with Crippen molar-refractivity contribution in [1.82, 2.24) is 5.16 Å². The lowest BCUT2D eigenvalue weighted by Gasteiger charge is -1.89. The molecule has 1 aromatic carbocycles. The summed E-state index contributed by atoms with van der Waals surface area (Å²) in [6, 6.07) is 7.53. The number of ketones is 1. The quantitative estimate of drug-likeness (QED) is 0.757. The fraction of sp³-hybridized carbons (Fsp3) is 0.333. The van der Waals surface area contributed by atoms with Gasteiger partial charge >= 0.3 is 0 Å². The van der Waals surface area contributed by atoms with Gasteiger partial charge in [0.1, 0.15) is 5.78 Å². The van der Waals surface area contributed by atoms with E-state index in [1.165, 1.54) is 0 Å². The van der Waals surface area contributed by atoms with E-state index in [-0.39, 0.29) is 5.78 Å². The van der Waals surface area contributed by atoms with Crippen LogP contribution in [0.15, 0.2) is 28.8 Å². The molecular formula is C12H15NO2. The van der Waals surface area contributed by atoms with E-state index in [1.807, 2.05) is 38.1 Å². The molecule has 1 heterocycles. The van der Waals surface area contributed by atoms with Crippen LogP contribution in [-0.4, -0.2) is 10.9 Å². The molecule has 0 radical (unpaired) electrons.